The third-order valence-corrected chi connectivity index (χ3v) is 17.7. The summed E-state index contributed by atoms with van der Waals surface area (Å²) in [5, 5.41) is 0.00481. The molecule has 2 aromatic rings. The van der Waals surface area contributed by atoms with Crippen LogP contribution in [-0.2, 0) is 19.2 Å². The van der Waals surface area contributed by atoms with E-state index in [1.54, 1.807) is 13.1 Å². The molecule has 3 rings (SSSR count). The van der Waals surface area contributed by atoms with Crippen LogP contribution in [0.15, 0.2) is 46.1 Å². The van der Waals surface area contributed by atoms with Gasteiger partial charge >= 0.3 is 5.69 Å². The van der Waals surface area contributed by atoms with Gasteiger partial charge in [0.1, 0.15) is 11.8 Å². The number of aromatic amines is 1. The van der Waals surface area contributed by atoms with Gasteiger partial charge in [-0.1, -0.05) is 71.9 Å². The lowest BCUT2D eigenvalue weighted by Crippen LogP contribution is -2.53. The van der Waals surface area contributed by atoms with Gasteiger partial charge in [-0.3, -0.25) is 14.3 Å². The minimum atomic E-state index is -2.24. The highest BCUT2D eigenvalue weighted by molar-refractivity contribution is 6.74. The zero-order valence-electron chi connectivity index (χ0n) is 24.5. The normalized spacial score (nSPS) is 23.4. The minimum absolute atomic E-state index is 0.0147. The summed E-state index contributed by atoms with van der Waals surface area (Å²) in [6.07, 6.45) is 1.10. The van der Waals surface area contributed by atoms with Gasteiger partial charge in [-0.05, 0) is 48.8 Å². The first kappa shape index (κ1) is 29.8. The standard InChI is InChI=1S/C28H46N2O5Si2/c1-20-18-30(25(32)29-24(20)31)23-17-22(35-37(10,11)27(5,6)7)28(34-23,21-15-13-12-14-16-21)19-33-36(8,9)26(2,3)4/h12-16,18,22-23H,17,19H2,1-11H3,(H,29,31,32)/t22-,23-,28+/m1/s1. The number of benzene rings is 1. The van der Waals surface area contributed by atoms with Crippen molar-refractivity contribution in [3.63, 3.8) is 0 Å². The fourth-order valence-electron chi connectivity index (χ4n) is 4.08. The first-order chi connectivity index (χ1) is 16.8. The van der Waals surface area contributed by atoms with Gasteiger partial charge in [0.05, 0.1) is 12.7 Å². The SMILES string of the molecule is Cc1cn([C@H]2C[C@@H](O[Si](C)(C)C(C)(C)C)[C@](CO[Si](C)(C)C(C)(C)C)(c3ccccc3)O2)c(=O)[nH]c1=O. The summed E-state index contributed by atoms with van der Waals surface area (Å²) < 4.78 is 22.3. The summed E-state index contributed by atoms with van der Waals surface area (Å²) in [6.45, 7) is 24.3. The summed E-state index contributed by atoms with van der Waals surface area (Å²) in [4.78, 5) is 27.4. The third-order valence-electron chi connectivity index (χ3n) is 8.70. The summed E-state index contributed by atoms with van der Waals surface area (Å²) in [7, 11) is -4.38. The van der Waals surface area contributed by atoms with Gasteiger partial charge in [0.25, 0.3) is 5.56 Å². The Kier molecular flexibility index (Phi) is 8.10. The number of H-pyrrole nitrogens is 1. The molecule has 0 bridgehead atoms. The Morgan fingerprint density at radius 1 is 1.00 bits per heavy atom. The zero-order valence-corrected chi connectivity index (χ0v) is 26.5. The van der Waals surface area contributed by atoms with E-state index in [-0.39, 0.29) is 21.7 Å². The topological polar surface area (TPSA) is 82.6 Å². The quantitative estimate of drug-likeness (QED) is 0.426. The molecule has 1 N–H and O–H groups in total. The Balaban J connectivity index is 2.17. The molecule has 37 heavy (non-hydrogen) atoms. The number of hydrogen-bond donors (Lipinski definition) is 1. The number of rotatable bonds is 7. The first-order valence-electron chi connectivity index (χ1n) is 13.2. The highest BCUT2D eigenvalue weighted by Gasteiger charge is 2.56. The Morgan fingerprint density at radius 3 is 2.11 bits per heavy atom. The molecule has 7 nitrogen and oxygen atoms in total. The van der Waals surface area contributed by atoms with Gasteiger partial charge in [-0.25, -0.2) is 4.79 Å². The summed E-state index contributed by atoms with van der Waals surface area (Å²) in [5.74, 6) is 0. The number of nitrogens with one attached hydrogen (secondary N) is 1. The predicted molar refractivity (Wildman–Crippen MR) is 154 cm³/mol. The average Bonchev–Trinajstić information content (AvgIpc) is 3.12. The van der Waals surface area contributed by atoms with E-state index in [1.165, 1.54) is 4.57 Å². The zero-order chi connectivity index (χ0) is 28.0. The Hall–Kier alpha value is -1.79. The van der Waals surface area contributed by atoms with Crippen LogP contribution in [0.4, 0.5) is 0 Å². The molecule has 0 radical (unpaired) electrons. The molecule has 2 heterocycles. The van der Waals surface area contributed by atoms with Crippen molar-refractivity contribution in [2.24, 2.45) is 0 Å². The summed E-state index contributed by atoms with van der Waals surface area (Å²) in [5.41, 5.74) is -0.362. The molecule has 0 amide bonds. The predicted octanol–water partition coefficient (Wildman–Crippen LogP) is 6.07. The molecule has 1 aliphatic heterocycles. The molecule has 1 aliphatic rings. The van der Waals surface area contributed by atoms with Crippen molar-refractivity contribution < 1.29 is 13.6 Å². The van der Waals surface area contributed by atoms with Crippen molar-refractivity contribution in [3.8, 4) is 0 Å². The fourth-order valence-corrected chi connectivity index (χ4v) is 6.43. The highest BCUT2D eigenvalue weighted by Crippen LogP contribution is 2.50. The van der Waals surface area contributed by atoms with E-state index < -0.39 is 34.2 Å². The lowest BCUT2D eigenvalue weighted by molar-refractivity contribution is -0.129. The molecule has 1 saturated heterocycles. The smallest absolute Gasteiger partial charge is 0.330 e. The van der Waals surface area contributed by atoms with Crippen LogP contribution in [-0.4, -0.2) is 38.9 Å². The van der Waals surface area contributed by atoms with E-state index >= 15 is 0 Å². The lowest BCUT2D eigenvalue weighted by atomic mass is 9.89. The van der Waals surface area contributed by atoms with Gasteiger partial charge in [0, 0.05) is 18.2 Å². The first-order valence-corrected chi connectivity index (χ1v) is 19.0. The van der Waals surface area contributed by atoms with Crippen molar-refractivity contribution in [3.05, 3.63) is 68.5 Å². The van der Waals surface area contributed by atoms with Gasteiger partial charge in [0.2, 0.25) is 0 Å². The van der Waals surface area contributed by atoms with Crippen LogP contribution in [0.3, 0.4) is 0 Å². The van der Waals surface area contributed by atoms with E-state index in [4.69, 9.17) is 13.6 Å². The fraction of sp³-hybridized carbons (Fsp3) is 0.643. The molecular weight excluding hydrogens is 500 g/mol. The number of ether oxygens (including phenoxy) is 1. The second kappa shape index (κ2) is 10.1. The highest BCUT2D eigenvalue weighted by atomic mass is 28.4. The van der Waals surface area contributed by atoms with Crippen LogP contribution < -0.4 is 11.2 Å². The van der Waals surface area contributed by atoms with Crippen LogP contribution in [0.1, 0.15) is 65.3 Å². The van der Waals surface area contributed by atoms with Gasteiger partial charge in [-0.15, -0.1) is 0 Å². The maximum absolute atomic E-state index is 12.9. The molecule has 206 valence electrons. The summed E-state index contributed by atoms with van der Waals surface area (Å²) in [6, 6.07) is 10.1. The molecule has 0 unspecified atom stereocenters. The molecular formula is C28H46N2O5Si2. The molecule has 3 atom stereocenters. The minimum Gasteiger partial charge on any atom is -0.413 e. The molecule has 0 saturated carbocycles. The van der Waals surface area contributed by atoms with E-state index in [2.05, 4.69) is 84.8 Å². The van der Waals surface area contributed by atoms with Crippen molar-refractivity contribution >= 4 is 16.6 Å². The number of hydrogen-bond acceptors (Lipinski definition) is 5. The number of aryl methyl sites for hydroxylation is 1. The average molecular weight is 547 g/mol. The largest absolute Gasteiger partial charge is 0.413 e. The number of aromatic nitrogens is 2. The van der Waals surface area contributed by atoms with Crippen LogP contribution in [0.25, 0.3) is 0 Å². The molecule has 9 heteroatoms. The molecule has 1 aromatic carbocycles. The maximum atomic E-state index is 12.9. The molecule has 0 aliphatic carbocycles. The lowest BCUT2D eigenvalue weighted by Gasteiger charge is -2.45. The van der Waals surface area contributed by atoms with Crippen LogP contribution in [0.2, 0.25) is 36.3 Å². The Bertz CT molecular complexity index is 1210. The third kappa shape index (κ3) is 5.96. The van der Waals surface area contributed by atoms with Gasteiger partial charge < -0.3 is 13.6 Å². The van der Waals surface area contributed by atoms with E-state index in [0.717, 1.165) is 5.56 Å². The van der Waals surface area contributed by atoms with Crippen LogP contribution >= 0.6 is 0 Å². The summed E-state index contributed by atoms with van der Waals surface area (Å²) >= 11 is 0. The second-order valence-corrected chi connectivity index (χ2v) is 23.0. The molecule has 0 spiro atoms. The maximum Gasteiger partial charge on any atom is 0.330 e. The van der Waals surface area contributed by atoms with Crippen LogP contribution in [0, 0.1) is 6.92 Å². The Labute approximate surface area is 223 Å². The van der Waals surface area contributed by atoms with Gasteiger partial charge in [0.15, 0.2) is 16.6 Å². The monoisotopic (exact) mass is 546 g/mol. The van der Waals surface area contributed by atoms with Gasteiger partial charge in [-0.2, -0.15) is 0 Å². The van der Waals surface area contributed by atoms with Crippen molar-refractivity contribution in [2.45, 2.75) is 109 Å². The van der Waals surface area contributed by atoms with E-state index in [1.807, 2.05) is 18.2 Å². The van der Waals surface area contributed by atoms with Crippen LogP contribution in [0.5, 0.6) is 0 Å². The van der Waals surface area contributed by atoms with E-state index in [0.29, 0.717) is 18.6 Å². The Morgan fingerprint density at radius 2 is 1.57 bits per heavy atom. The van der Waals surface area contributed by atoms with Crippen molar-refractivity contribution in [1.82, 2.24) is 9.55 Å². The number of nitrogens with zero attached hydrogens (tertiary/aromatic N) is 1. The molecule has 1 fully saturated rings. The van der Waals surface area contributed by atoms with Crippen molar-refractivity contribution in [2.75, 3.05) is 6.61 Å². The van der Waals surface area contributed by atoms with Crippen molar-refractivity contribution in [1.29, 1.82) is 0 Å². The van der Waals surface area contributed by atoms with E-state index in [9.17, 15) is 9.59 Å². The molecule has 1 aromatic heterocycles. The second-order valence-electron chi connectivity index (χ2n) is 13.5.